The maximum absolute atomic E-state index is 12.0. The lowest BCUT2D eigenvalue weighted by Crippen LogP contribution is -2.47. The SMILES string of the molecule is CC1CN(C2CCN(C(=O)OC(C)(C)C)CC2)CC1C. The number of carbonyl (C=O) groups is 1. The smallest absolute Gasteiger partial charge is 0.410 e. The Morgan fingerprint density at radius 3 is 2.00 bits per heavy atom. The normalized spacial score (nSPS) is 29.8. The van der Waals surface area contributed by atoms with Gasteiger partial charge in [-0.25, -0.2) is 4.79 Å². The van der Waals surface area contributed by atoms with Gasteiger partial charge in [0, 0.05) is 32.2 Å². The molecule has 2 rings (SSSR count). The van der Waals surface area contributed by atoms with E-state index in [1.807, 2.05) is 25.7 Å². The van der Waals surface area contributed by atoms with Gasteiger partial charge in [0.2, 0.25) is 0 Å². The van der Waals surface area contributed by atoms with Gasteiger partial charge in [0.1, 0.15) is 5.60 Å². The van der Waals surface area contributed by atoms with E-state index in [1.165, 1.54) is 13.1 Å². The summed E-state index contributed by atoms with van der Waals surface area (Å²) in [5, 5.41) is 0. The first-order valence-electron chi connectivity index (χ1n) is 7.98. The summed E-state index contributed by atoms with van der Waals surface area (Å²) in [4.78, 5) is 16.5. The molecular weight excluding hydrogens is 252 g/mol. The second-order valence-electron chi connectivity index (χ2n) is 7.61. The Balaban J connectivity index is 1.79. The molecule has 0 radical (unpaired) electrons. The van der Waals surface area contributed by atoms with Crippen LogP contribution in [0.1, 0.15) is 47.5 Å². The molecule has 2 aliphatic heterocycles. The van der Waals surface area contributed by atoms with Crippen LogP contribution in [-0.2, 0) is 4.74 Å². The summed E-state index contributed by atoms with van der Waals surface area (Å²) < 4.78 is 5.45. The van der Waals surface area contributed by atoms with Gasteiger partial charge in [-0.3, -0.25) is 4.90 Å². The van der Waals surface area contributed by atoms with Crippen LogP contribution in [-0.4, -0.2) is 53.7 Å². The van der Waals surface area contributed by atoms with Crippen molar-refractivity contribution in [2.24, 2.45) is 11.8 Å². The lowest BCUT2D eigenvalue weighted by Gasteiger charge is -2.37. The molecule has 0 aromatic carbocycles. The first-order valence-corrected chi connectivity index (χ1v) is 7.98. The van der Waals surface area contributed by atoms with E-state index in [1.54, 1.807) is 0 Å². The number of hydrogen-bond acceptors (Lipinski definition) is 3. The van der Waals surface area contributed by atoms with E-state index in [9.17, 15) is 4.79 Å². The molecule has 0 N–H and O–H groups in total. The molecule has 0 spiro atoms. The molecule has 2 unspecified atom stereocenters. The number of amides is 1. The van der Waals surface area contributed by atoms with Crippen molar-refractivity contribution in [1.82, 2.24) is 9.80 Å². The summed E-state index contributed by atoms with van der Waals surface area (Å²) in [5.41, 5.74) is -0.395. The Morgan fingerprint density at radius 2 is 1.55 bits per heavy atom. The Kier molecular flexibility index (Phi) is 4.62. The number of piperidine rings is 1. The van der Waals surface area contributed by atoms with Crippen LogP contribution in [0.3, 0.4) is 0 Å². The molecule has 2 heterocycles. The van der Waals surface area contributed by atoms with Crippen molar-refractivity contribution in [3.63, 3.8) is 0 Å². The second kappa shape index (κ2) is 5.92. The van der Waals surface area contributed by atoms with E-state index in [0.29, 0.717) is 6.04 Å². The maximum Gasteiger partial charge on any atom is 0.410 e. The molecule has 0 bridgehead atoms. The van der Waals surface area contributed by atoms with E-state index >= 15 is 0 Å². The minimum atomic E-state index is -0.395. The molecule has 0 aromatic heterocycles. The van der Waals surface area contributed by atoms with E-state index in [-0.39, 0.29) is 6.09 Å². The van der Waals surface area contributed by atoms with Crippen molar-refractivity contribution in [2.45, 2.75) is 59.1 Å². The van der Waals surface area contributed by atoms with Gasteiger partial charge < -0.3 is 9.64 Å². The molecule has 0 aliphatic carbocycles. The summed E-state index contributed by atoms with van der Waals surface area (Å²) in [7, 11) is 0. The fourth-order valence-corrected chi connectivity index (χ4v) is 3.21. The third-order valence-electron chi connectivity index (χ3n) is 4.65. The third kappa shape index (κ3) is 3.87. The molecule has 4 heteroatoms. The Morgan fingerprint density at radius 1 is 1.05 bits per heavy atom. The van der Waals surface area contributed by atoms with Gasteiger partial charge >= 0.3 is 6.09 Å². The van der Waals surface area contributed by atoms with Gasteiger partial charge in [0.05, 0.1) is 0 Å². The standard InChI is InChI=1S/C16H30N2O2/c1-12-10-18(11-13(12)2)14-6-8-17(9-7-14)15(19)20-16(3,4)5/h12-14H,6-11H2,1-5H3. The van der Waals surface area contributed by atoms with Crippen LogP contribution < -0.4 is 0 Å². The van der Waals surface area contributed by atoms with Crippen molar-refractivity contribution in [1.29, 1.82) is 0 Å². The number of ether oxygens (including phenoxy) is 1. The molecule has 0 saturated carbocycles. The van der Waals surface area contributed by atoms with Crippen LogP contribution in [0.2, 0.25) is 0 Å². The largest absolute Gasteiger partial charge is 0.444 e. The molecule has 2 aliphatic rings. The number of rotatable bonds is 1. The summed E-state index contributed by atoms with van der Waals surface area (Å²) in [6.07, 6.45) is 2.01. The first-order chi connectivity index (χ1) is 9.26. The maximum atomic E-state index is 12.0. The Hall–Kier alpha value is -0.770. The molecule has 4 nitrogen and oxygen atoms in total. The summed E-state index contributed by atoms with van der Waals surface area (Å²) in [5.74, 6) is 1.61. The predicted octanol–water partition coefficient (Wildman–Crippen LogP) is 2.97. The van der Waals surface area contributed by atoms with Gasteiger partial charge in [-0.15, -0.1) is 0 Å². The molecule has 2 fully saturated rings. The number of likely N-dealkylation sites (tertiary alicyclic amines) is 2. The molecule has 2 atom stereocenters. The van der Waals surface area contributed by atoms with Crippen LogP contribution in [0.4, 0.5) is 4.79 Å². The summed E-state index contributed by atoms with van der Waals surface area (Å²) >= 11 is 0. The highest BCUT2D eigenvalue weighted by Crippen LogP contribution is 2.28. The molecule has 2 saturated heterocycles. The Bertz CT molecular complexity index is 333. The highest BCUT2D eigenvalue weighted by Gasteiger charge is 2.34. The van der Waals surface area contributed by atoms with Crippen molar-refractivity contribution < 1.29 is 9.53 Å². The van der Waals surface area contributed by atoms with Crippen molar-refractivity contribution >= 4 is 6.09 Å². The van der Waals surface area contributed by atoms with E-state index in [2.05, 4.69) is 18.7 Å². The zero-order chi connectivity index (χ0) is 14.9. The Labute approximate surface area is 123 Å². The second-order valence-corrected chi connectivity index (χ2v) is 7.61. The van der Waals surface area contributed by atoms with Crippen LogP contribution in [0.25, 0.3) is 0 Å². The summed E-state index contributed by atoms with van der Waals surface area (Å²) in [6.45, 7) is 14.6. The zero-order valence-electron chi connectivity index (χ0n) is 13.7. The predicted molar refractivity (Wildman–Crippen MR) is 80.7 cm³/mol. The lowest BCUT2D eigenvalue weighted by molar-refractivity contribution is 0.0153. The van der Waals surface area contributed by atoms with Gasteiger partial charge in [-0.05, 0) is 45.4 Å². The zero-order valence-corrected chi connectivity index (χ0v) is 13.7. The van der Waals surface area contributed by atoms with Crippen LogP contribution in [0.15, 0.2) is 0 Å². The van der Waals surface area contributed by atoms with Crippen LogP contribution >= 0.6 is 0 Å². The fraction of sp³-hybridized carbons (Fsp3) is 0.938. The molecule has 0 aromatic rings. The van der Waals surface area contributed by atoms with Gasteiger partial charge in [-0.1, -0.05) is 13.8 Å². The topological polar surface area (TPSA) is 32.8 Å². The quantitative estimate of drug-likeness (QED) is 0.741. The number of nitrogens with zero attached hydrogens (tertiary/aromatic N) is 2. The van der Waals surface area contributed by atoms with Gasteiger partial charge in [0.15, 0.2) is 0 Å². The molecule has 20 heavy (non-hydrogen) atoms. The van der Waals surface area contributed by atoms with Crippen molar-refractivity contribution in [3.05, 3.63) is 0 Å². The summed E-state index contributed by atoms with van der Waals surface area (Å²) in [6, 6.07) is 0.654. The average Bonchev–Trinajstić information content (AvgIpc) is 2.68. The lowest BCUT2D eigenvalue weighted by atomic mass is 10.0. The molecule has 116 valence electrons. The minimum Gasteiger partial charge on any atom is -0.444 e. The monoisotopic (exact) mass is 282 g/mol. The van der Waals surface area contributed by atoms with E-state index in [0.717, 1.165) is 37.8 Å². The highest BCUT2D eigenvalue weighted by molar-refractivity contribution is 5.68. The fourth-order valence-electron chi connectivity index (χ4n) is 3.21. The van der Waals surface area contributed by atoms with E-state index in [4.69, 9.17) is 4.74 Å². The van der Waals surface area contributed by atoms with Gasteiger partial charge in [-0.2, -0.15) is 0 Å². The molecular formula is C16H30N2O2. The van der Waals surface area contributed by atoms with Crippen LogP contribution in [0, 0.1) is 11.8 Å². The van der Waals surface area contributed by atoms with Crippen LogP contribution in [0.5, 0.6) is 0 Å². The average molecular weight is 282 g/mol. The molecule has 1 amide bonds. The number of carbonyl (C=O) groups excluding carboxylic acids is 1. The number of hydrogen-bond donors (Lipinski definition) is 0. The minimum absolute atomic E-state index is 0.154. The first kappa shape index (κ1) is 15.6. The third-order valence-corrected chi connectivity index (χ3v) is 4.65. The highest BCUT2D eigenvalue weighted by atomic mass is 16.6. The van der Waals surface area contributed by atoms with Crippen molar-refractivity contribution in [3.8, 4) is 0 Å². The van der Waals surface area contributed by atoms with Crippen molar-refractivity contribution in [2.75, 3.05) is 26.2 Å². The van der Waals surface area contributed by atoms with E-state index < -0.39 is 5.60 Å². The van der Waals surface area contributed by atoms with Gasteiger partial charge in [0.25, 0.3) is 0 Å².